The van der Waals surface area contributed by atoms with E-state index in [1.165, 1.54) is 6.07 Å². The van der Waals surface area contributed by atoms with Gasteiger partial charge in [0.25, 0.3) is 0 Å². The zero-order valence-corrected chi connectivity index (χ0v) is 21.9. The van der Waals surface area contributed by atoms with Gasteiger partial charge in [-0.15, -0.1) is 0 Å². The van der Waals surface area contributed by atoms with Crippen LogP contribution in [0, 0.1) is 5.82 Å². The first-order chi connectivity index (χ1) is 19.0. The van der Waals surface area contributed by atoms with E-state index in [-0.39, 0.29) is 5.82 Å². The van der Waals surface area contributed by atoms with Crippen LogP contribution in [0.3, 0.4) is 0 Å². The largest absolute Gasteiger partial charge is 0.495 e. The van der Waals surface area contributed by atoms with Crippen LogP contribution in [0.25, 0.3) is 55.4 Å². The monoisotopic (exact) mass is 521 g/mol. The quantitative estimate of drug-likeness (QED) is 0.229. The first-order valence-electron chi connectivity index (χ1n) is 12.6. The molecule has 6 rings (SSSR count). The standard InChI is InChI=1S/C30H28FN7O/c1-38(2)7-6-34-22-9-19(8-21(31)12-22)26-16-33-17-29-24(26)13-28(35-29)30-25-11-18(4-5-27(25)36-37-30)20-10-23(39-3)15-32-14-20/h4-5,8-17,34-35H,6-7H2,1-3H3,(H,36,37). The second-order valence-electron chi connectivity index (χ2n) is 9.74. The second kappa shape index (κ2) is 10.2. The lowest BCUT2D eigenvalue weighted by Gasteiger charge is -2.13. The molecule has 3 N–H and O–H groups in total. The van der Waals surface area contributed by atoms with Gasteiger partial charge in [-0.25, -0.2) is 4.39 Å². The molecule has 2 aromatic carbocycles. The van der Waals surface area contributed by atoms with Crippen LogP contribution in [0.5, 0.6) is 5.75 Å². The number of hydrogen-bond donors (Lipinski definition) is 3. The normalized spacial score (nSPS) is 11.5. The number of aromatic nitrogens is 5. The average Bonchev–Trinajstić information content (AvgIpc) is 3.56. The topological polar surface area (TPSA) is 94.8 Å². The zero-order chi connectivity index (χ0) is 26.9. The molecule has 0 atom stereocenters. The maximum absolute atomic E-state index is 14.6. The molecule has 39 heavy (non-hydrogen) atoms. The summed E-state index contributed by atoms with van der Waals surface area (Å²) in [6.07, 6.45) is 7.05. The lowest BCUT2D eigenvalue weighted by molar-refractivity contribution is 0.413. The van der Waals surface area contributed by atoms with Crippen molar-refractivity contribution in [3.05, 3.63) is 79.1 Å². The van der Waals surface area contributed by atoms with Gasteiger partial charge in [0, 0.05) is 53.1 Å². The maximum Gasteiger partial charge on any atom is 0.137 e. The van der Waals surface area contributed by atoms with Gasteiger partial charge >= 0.3 is 0 Å². The van der Waals surface area contributed by atoms with Crippen LogP contribution in [0.15, 0.2) is 73.3 Å². The third-order valence-corrected chi connectivity index (χ3v) is 6.74. The molecule has 8 nitrogen and oxygen atoms in total. The molecule has 0 aliphatic heterocycles. The number of hydrogen-bond acceptors (Lipinski definition) is 6. The highest BCUT2D eigenvalue weighted by Gasteiger charge is 2.16. The van der Waals surface area contributed by atoms with E-state index < -0.39 is 0 Å². The molecule has 196 valence electrons. The summed E-state index contributed by atoms with van der Waals surface area (Å²) in [4.78, 5) is 14.3. The van der Waals surface area contributed by atoms with Gasteiger partial charge in [-0.3, -0.25) is 15.1 Å². The minimum Gasteiger partial charge on any atom is -0.495 e. The SMILES string of the molecule is COc1cncc(-c2ccc3[nH]nc(-c4cc5c(-c6cc(F)cc(NCCN(C)C)c6)cncc5[nH]4)c3c2)c1. The Bertz CT molecular complexity index is 1790. The van der Waals surface area contributed by atoms with Crippen LogP contribution in [0.2, 0.25) is 0 Å². The summed E-state index contributed by atoms with van der Waals surface area (Å²) >= 11 is 0. The first kappa shape index (κ1) is 24.6. The molecule has 0 aliphatic rings. The molecule has 0 saturated heterocycles. The summed E-state index contributed by atoms with van der Waals surface area (Å²) < 4.78 is 20.0. The molecule has 0 saturated carbocycles. The summed E-state index contributed by atoms with van der Waals surface area (Å²) in [5.41, 5.74) is 7.67. The molecular weight excluding hydrogens is 493 g/mol. The van der Waals surface area contributed by atoms with E-state index in [4.69, 9.17) is 4.74 Å². The number of nitrogens with zero attached hydrogens (tertiary/aromatic N) is 4. The van der Waals surface area contributed by atoms with E-state index in [0.717, 1.165) is 67.7 Å². The number of pyridine rings is 2. The number of benzene rings is 2. The molecule has 0 unspecified atom stereocenters. The fourth-order valence-corrected chi connectivity index (χ4v) is 4.77. The van der Waals surface area contributed by atoms with E-state index >= 15 is 0 Å². The number of ether oxygens (including phenoxy) is 1. The predicted molar refractivity (Wildman–Crippen MR) is 153 cm³/mol. The number of nitrogens with one attached hydrogen (secondary N) is 3. The predicted octanol–water partition coefficient (Wildman–Crippen LogP) is 5.96. The lowest BCUT2D eigenvalue weighted by Crippen LogP contribution is -2.20. The Morgan fingerprint density at radius 2 is 1.74 bits per heavy atom. The van der Waals surface area contributed by atoms with Crippen molar-refractivity contribution in [3.63, 3.8) is 0 Å². The van der Waals surface area contributed by atoms with Crippen LogP contribution in [0.1, 0.15) is 0 Å². The number of H-pyrrole nitrogens is 2. The smallest absolute Gasteiger partial charge is 0.137 e. The van der Waals surface area contributed by atoms with E-state index in [9.17, 15) is 4.39 Å². The summed E-state index contributed by atoms with van der Waals surface area (Å²) in [6.45, 7) is 1.56. The Labute approximate surface area is 224 Å². The van der Waals surface area contributed by atoms with Gasteiger partial charge in [0.05, 0.1) is 36.2 Å². The molecule has 0 fully saturated rings. The minimum atomic E-state index is -0.300. The number of halogens is 1. The molecule has 0 aliphatic carbocycles. The van der Waals surface area contributed by atoms with E-state index in [2.05, 4.69) is 41.4 Å². The molecular formula is C30H28FN7O. The van der Waals surface area contributed by atoms with Crippen LogP contribution >= 0.6 is 0 Å². The van der Waals surface area contributed by atoms with Crippen molar-refractivity contribution in [1.82, 2.24) is 30.0 Å². The minimum absolute atomic E-state index is 0.300. The Morgan fingerprint density at radius 1 is 0.872 bits per heavy atom. The van der Waals surface area contributed by atoms with Gasteiger partial charge in [-0.2, -0.15) is 5.10 Å². The zero-order valence-electron chi connectivity index (χ0n) is 21.9. The van der Waals surface area contributed by atoms with E-state index in [1.807, 2.05) is 50.6 Å². The number of methoxy groups -OCH3 is 1. The highest BCUT2D eigenvalue weighted by atomic mass is 19.1. The Morgan fingerprint density at radius 3 is 2.59 bits per heavy atom. The summed E-state index contributed by atoms with van der Waals surface area (Å²) in [6, 6.07) is 15.1. The van der Waals surface area contributed by atoms with Crippen molar-refractivity contribution < 1.29 is 9.13 Å². The van der Waals surface area contributed by atoms with Gasteiger partial charge < -0.3 is 19.9 Å². The van der Waals surface area contributed by atoms with Gasteiger partial charge in [-0.05, 0) is 67.7 Å². The summed E-state index contributed by atoms with van der Waals surface area (Å²) in [5, 5.41) is 13.0. The third kappa shape index (κ3) is 4.92. The van der Waals surface area contributed by atoms with Gasteiger partial charge in [0.15, 0.2) is 0 Å². The Hall–Kier alpha value is -4.76. The molecule has 4 heterocycles. The Kier molecular flexibility index (Phi) is 6.42. The maximum atomic E-state index is 14.6. The average molecular weight is 522 g/mol. The third-order valence-electron chi connectivity index (χ3n) is 6.74. The van der Waals surface area contributed by atoms with Crippen LogP contribution < -0.4 is 10.1 Å². The van der Waals surface area contributed by atoms with E-state index in [0.29, 0.717) is 12.3 Å². The van der Waals surface area contributed by atoms with Crippen molar-refractivity contribution in [2.45, 2.75) is 0 Å². The first-order valence-corrected chi connectivity index (χ1v) is 12.6. The number of likely N-dealkylation sites (N-methyl/N-ethyl adjacent to an activating group) is 1. The highest BCUT2D eigenvalue weighted by molar-refractivity contribution is 6.01. The van der Waals surface area contributed by atoms with Gasteiger partial charge in [-0.1, -0.05) is 6.07 Å². The molecule has 4 aromatic heterocycles. The fourth-order valence-electron chi connectivity index (χ4n) is 4.77. The van der Waals surface area contributed by atoms with Crippen molar-refractivity contribution in [2.75, 3.05) is 39.6 Å². The van der Waals surface area contributed by atoms with Crippen LogP contribution in [0.4, 0.5) is 10.1 Å². The van der Waals surface area contributed by atoms with Crippen molar-refractivity contribution in [2.24, 2.45) is 0 Å². The van der Waals surface area contributed by atoms with Crippen LogP contribution in [-0.2, 0) is 0 Å². The van der Waals surface area contributed by atoms with Crippen molar-refractivity contribution in [3.8, 4) is 39.4 Å². The van der Waals surface area contributed by atoms with Crippen molar-refractivity contribution >= 4 is 27.5 Å². The molecule has 0 radical (unpaired) electrons. The van der Waals surface area contributed by atoms with Crippen LogP contribution in [-0.4, -0.2) is 64.3 Å². The highest BCUT2D eigenvalue weighted by Crippen LogP contribution is 2.36. The molecule has 0 amide bonds. The number of anilines is 1. The molecule has 0 spiro atoms. The Balaban J connectivity index is 1.40. The van der Waals surface area contributed by atoms with Gasteiger partial charge in [0.2, 0.25) is 0 Å². The second-order valence-corrected chi connectivity index (χ2v) is 9.74. The summed E-state index contributed by atoms with van der Waals surface area (Å²) in [7, 11) is 5.64. The summed E-state index contributed by atoms with van der Waals surface area (Å²) in [5.74, 6) is 0.398. The fraction of sp³-hybridized carbons (Fsp3) is 0.167. The number of aromatic amines is 2. The van der Waals surface area contributed by atoms with E-state index in [1.54, 1.807) is 31.8 Å². The number of rotatable bonds is 8. The van der Waals surface area contributed by atoms with Gasteiger partial charge in [0.1, 0.15) is 17.3 Å². The molecule has 0 bridgehead atoms. The number of fused-ring (bicyclic) bond motifs is 2. The van der Waals surface area contributed by atoms with Crippen molar-refractivity contribution in [1.29, 1.82) is 0 Å². The molecule has 6 aromatic rings. The lowest BCUT2D eigenvalue weighted by atomic mass is 10.0. The molecule has 9 heteroatoms.